The number of aromatic nitrogens is 3. The summed E-state index contributed by atoms with van der Waals surface area (Å²) in [6, 6.07) is 10.6. The molecule has 0 amide bonds. The molecule has 1 aliphatic heterocycles. The number of thioether (sulfide) groups is 1. The van der Waals surface area contributed by atoms with Gasteiger partial charge in [0.1, 0.15) is 11.6 Å². The zero-order chi connectivity index (χ0) is 19.5. The summed E-state index contributed by atoms with van der Waals surface area (Å²) in [5.74, 6) is 0.545. The van der Waals surface area contributed by atoms with Gasteiger partial charge in [-0.1, -0.05) is 29.4 Å². The van der Waals surface area contributed by atoms with E-state index in [1.165, 1.54) is 36.0 Å². The zero-order valence-electron chi connectivity index (χ0n) is 14.9. The number of benzene rings is 2. The van der Waals surface area contributed by atoms with E-state index in [1.54, 1.807) is 18.2 Å². The van der Waals surface area contributed by atoms with Crippen LogP contribution in [-0.2, 0) is 17.0 Å². The molecule has 1 aliphatic rings. The molecule has 0 bridgehead atoms. The third kappa shape index (κ3) is 4.37. The predicted octanol–water partition coefficient (Wildman–Crippen LogP) is 5.35. The van der Waals surface area contributed by atoms with Crippen molar-refractivity contribution in [2.75, 3.05) is 6.61 Å². The van der Waals surface area contributed by atoms with Crippen molar-refractivity contribution in [3.05, 3.63) is 64.7 Å². The molecule has 4 rings (SSSR count). The summed E-state index contributed by atoms with van der Waals surface area (Å²) in [4.78, 5) is 0. The molecule has 0 spiro atoms. The van der Waals surface area contributed by atoms with Gasteiger partial charge < -0.3 is 4.74 Å². The first-order chi connectivity index (χ1) is 13.6. The summed E-state index contributed by atoms with van der Waals surface area (Å²) < 4.78 is 34.4. The Bertz CT molecular complexity index is 959. The van der Waals surface area contributed by atoms with Gasteiger partial charge in [-0.3, -0.25) is 4.57 Å². The highest BCUT2D eigenvalue weighted by molar-refractivity contribution is 7.98. The molecule has 0 N–H and O–H groups in total. The van der Waals surface area contributed by atoms with Gasteiger partial charge in [0.2, 0.25) is 0 Å². The van der Waals surface area contributed by atoms with E-state index in [4.69, 9.17) is 16.3 Å². The quantitative estimate of drug-likeness (QED) is 0.503. The number of rotatable bonds is 6. The Kier molecular flexibility index (Phi) is 5.94. The normalized spacial score (nSPS) is 16.6. The Morgan fingerprint density at radius 2 is 1.89 bits per heavy atom. The van der Waals surface area contributed by atoms with E-state index in [2.05, 4.69) is 10.2 Å². The number of ether oxygens (including phenoxy) is 1. The summed E-state index contributed by atoms with van der Waals surface area (Å²) in [7, 11) is 0. The molecule has 1 unspecified atom stereocenters. The van der Waals surface area contributed by atoms with Gasteiger partial charge in [0.25, 0.3) is 0 Å². The van der Waals surface area contributed by atoms with Gasteiger partial charge in [-0.15, -0.1) is 10.2 Å². The molecular weight excluding hydrogens is 404 g/mol. The Balaban J connectivity index is 1.61. The van der Waals surface area contributed by atoms with Crippen molar-refractivity contribution in [3.63, 3.8) is 0 Å². The topological polar surface area (TPSA) is 39.9 Å². The molecule has 2 heterocycles. The van der Waals surface area contributed by atoms with E-state index in [0.29, 0.717) is 23.1 Å². The van der Waals surface area contributed by atoms with Crippen LogP contribution in [0.1, 0.15) is 18.4 Å². The Morgan fingerprint density at radius 3 is 2.61 bits per heavy atom. The molecule has 4 nitrogen and oxygen atoms in total. The molecule has 1 fully saturated rings. The standard InChI is InChI=1S/C20H18ClF2N3OS/c21-18-10-16(23)8-5-14(18)12-28-20-25-24-19(13-3-6-15(22)7-4-13)26(20)11-17-2-1-9-27-17/h3-8,10,17H,1-2,9,11-12H2. The van der Waals surface area contributed by atoms with E-state index in [0.717, 1.165) is 35.7 Å². The summed E-state index contributed by atoms with van der Waals surface area (Å²) in [6.07, 6.45) is 2.12. The van der Waals surface area contributed by atoms with Crippen LogP contribution in [0, 0.1) is 11.6 Å². The molecule has 1 aromatic heterocycles. The van der Waals surface area contributed by atoms with Gasteiger partial charge in [0, 0.05) is 22.9 Å². The minimum atomic E-state index is -0.362. The first kappa shape index (κ1) is 19.4. The molecule has 8 heteroatoms. The monoisotopic (exact) mass is 421 g/mol. The van der Waals surface area contributed by atoms with Crippen molar-refractivity contribution in [1.29, 1.82) is 0 Å². The zero-order valence-corrected chi connectivity index (χ0v) is 16.5. The number of halogens is 3. The molecular formula is C20H18ClF2N3OS. The van der Waals surface area contributed by atoms with Crippen molar-refractivity contribution >= 4 is 23.4 Å². The van der Waals surface area contributed by atoms with Gasteiger partial charge in [-0.25, -0.2) is 8.78 Å². The summed E-state index contributed by atoms with van der Waals surface area (Å²) in [6.45, 7) is 1.38. The maximum absolute atomic E-state index is 13.3. The van der Waals surface area contributed by atoms with Gasteiger partial charge in [-0.05, 0) is 54.8 Å². The highest BCUT2D eigenvalue weighted by Crippen LogP contribution is 2.30. The van der Waals surface area contributed by atoms with Crippen LogP contribution in [0.3, 0.4) is 0 Å². The number of hydrogen-bond acceptors (Lipinski definition) is 4. The van der Waals surface area contributed by atoms with Crippen LogP contribution in [0.2, 0.25) is 5.02 Å². The van der Waals surface area contributed by atoms with Gasteiger partial charge >= 0.3 is 0 Å². The summed E-state index contributed by atoms with van der Waals surface area (Å²) in [5.41, 5.74) is 1.61. The second-order valence-electron chi connectivity index (χ2n) is 6.58. The minimum absolute atomic E-state index is 0.101. The van der Waals surface area contributed by atoms with Crippen LogP contribution in [0.25, 0.3) is 11.4 Å². The van der Waals surface area contributed by atoms with Crippen LogP contribution >= 0.6 is 23.4 Å². The van der Waals surface area contributed by atoms with E-state index in [-0.39, 0.29) is 17.7 Å². The maximum Gasteiger partial charge on any atom is 0.191 e. The van der Waals surface area contributed by atoms with E-state index in [1.807, 2.05) is 4.57 Å². The molecule has 28 heavy (non-hydrogen) atoms. The van der Waals surface area contributed by atoms with Gasteiger partial charge in [0.15, 0.2) is 11.0 Å². The lowest BCUT2D eigenvalue weighted by atomic mass is 10.2. The van der Waals surface area contributed by atoms with Crippen molar-refractivity contribution in [2.24, 2.45) is 0 Å². The molecule has 3 aromatic rings. The largest absolute Gasteiger partial charge is 0.376 e. The highest BCUT2D eigenvalue weighted by Gasteiger charge is 2.22. The summed E-state index contributed by atoms with van der Waals surface area (Å²) >= 11 is 7.61. The SMILES string of the molecule is Fc1ccc(-c2nnc(SCc3ccc(F)cc3Cl)n2CC2CCCO2)cc1. The van der Waals surface area contributed by atoms with Crippen LogP contribution in [-0.4, -0.2) is 27.5 Å². The molecule has 0 radical (unpaired) electrons. The summed E-state index contributed by atoms with van der Waals surface area (Å²) in [5, 5.41) is 9.76. The lowest BCUT2D eigenvalue weighted by Gasteiger charge is -2.15. The first-order valence-corrected chi connectivity index (χ1v) is 10.3. The average Bonchev–Trinajstić information content (AvgIpc) is 3.33. The fourth-order valence-electron chi connectivity index (χ4n) is 3.15. The molecule has 2 aromatic carbocycles. The maximum atomic E-state index is 13.3. The second kappa shape index (κ2) is 8.59. The molecule has 1 saturated heterocycles. The first-order valence-electron chi connectivity index (χ1n) is 8.97. The van der Waals surface area contributed by atoms with Gasteiger partial charge in [0.05, 0.1) is 12.6 Å². The number of nitrogens with zero attached hydrogens (tertiary/aromatic N) is 3. The van der Waals surface area contributed by atoms with E-state index >= 15 is 0 Å². The predicted molar refractivity (Wildman–Crippen MR) is 105 cm³/mol. The lowest BCUT2D eigenvalue weighted by molar-refractivity contribution is 0.0953. The van der Waals surface area contributed by atoms with Crippen molar-refractivity contribution in [2.45, 2.75) is 36.4 Å². The molecule has 0 aliphatic carbocycles. The molecule has 0 saturated carbocycles. The van der Waals surface area contributed by atoms with Crippen LogP contribution in [0.5, 0.6) is 0 Å². The fourth-order valence-corrected chi connectivity index (χ4v) is 4.41. The minimum Gasteiger partial charge on any atom is -0.376 e. The average molecular weight is 422 g/mol. The van der Waals surface area contributed by atoms with Crippen LogP contribution in [0.4, 0.5) is 8.78 Å². The van der Waals surface area contributed by atoms with Gasteiger partial charge in [-0.2, -0.15) is 0 Å². The second-order valence-corrected chi connectivity index (χ2v) is 7.93. The van der Waals surface area contributed by atoms with Crippen LogP contribution < -0.4 is 0 Å². The Morgan fingerprint density at radius 1 is 1.11 bits per heavy atom. The third-order valence-corrected chi connectivity index (χ3v) is 5.97. The molecule has 1 atom stereocenters. The lowest BCUT2D eigenvalue weighted by Crippen LogP contribution is -2.16. The van der Waals surface area contributed by atoms with Crippen LogP contribution in [0.15, 0.2) is 47.6 Å². The Labute approximate surface area is 170 Å². The third-order valence-electron chi connectivity index (χ3n) is 4.60. The molecule has 146 valence electrons. The van der Waals surface area contributed by atoms with Crippen molar-refractivity contribution < 1.29 is 13.5 Å². The van der Waals surface area contributed by atoms with Crippen molar-refractivity contribution in [1.82, 2.24) is 14.8 Å². The smallest absolute Gasteiger partial charge is 0.191 e. The van der Waals surface area contributed by atoms with Crippen molar-refractivity contribution in [3.8, 4) is 11.4 Å². The van der Waals surface area contributed by atoms with E-state index < -0.39 is 0 Å². The number of hydrogen-bond donors (Lipinski definition) is 0. The fraction of sp³-hybridized carbons (Fsp3) is 0.300. The van der Waals surface area contributed by atoms with E-state index in [9.17, 15) is 8.78 Å². The Hall–Kier alpha value is -1.96. The highest BCUT2D eigenvalue weighted by atomic mass is 35.5.